The van der Waals surface area contributed by atoms with E-state index < -0.39 is 0 Å². The van der Waals surface area contributed by atoms with E-state index in [-0.39, 0.29) is 0 Å². The van der Waals surface area contributed by atoms with Crippen molar-refractivity contribution in [3.63, 3.8) is 0 Å². The lowest BCUT2D eigenvalue weighted by molar-refractivity contribution is 0.911. The van der Waals surface area contributed by atoms with Gasteiger partial charge in [-0.3, -0.25) is 4.98 Å². The van der Waals surface area contributed by atoms with Crippen LogP contribution < -0.4 is 4.90 Å². The van der Waals surface area contributed by atoms with Gasteiger partial charge in [-0.2, -0.15) is 5.26 Å². The van der Waals surface area contributed by atoms with Gasteiger partial charge in [-0.15, -0.1) is 0 Å². The molecule has 0 radical (unpaired) electrons. The number of anilines is 1. The summed E-state index contributed by atoms with van der Waals surface area (Å²) in [6, 6.07) is 9.74. The van der Waals surface area contributed by atoms with E-state index >= 15 is 0 Å². The zero-order valence-corrected chi connectivity index (χ0v) is 9.54. The smallest absolute Gasteiger partial charge is 0.163 e. The van der Waals surface area contributed by atoms with E-state index in [4.69, 9.17) is 5.26 Å². The summed E-state index contributed by atoms with van der Waals surface area (Å²) in [5.74, 6) is 0. The highest BCUT2D eigenvalue weighted by Gasteiger charge is 2.07. The number of nitrogens with zero attached hydrogens (tertiary/aromatic N) is 4. The van der Waals surface area contributed by atoms with Crippen molar-refractivity contribution in [1.82, 2.24) is 9.97 Å². The first-order valence-corrected chi connectivity index (χ1v) is 5.26. The summed E-state index contributed by atoms with van der Waals surface area (Å²) >= 11 is 0. The van der Waals surface area contributed by atoms with Crippen molar-refractivity contribution in [2.45, 2.75) is 6.54 Å². The molecule has 4 nitrogen and oxygen atoms in total. The van der Waals surface area contributed by atoms with Crippen LogP contribution in [0.25, 0.3) is 0 Å². The summed E-state index contributed by atoms with van der Waals surface area (Å²) in [5, 5.41) is 8.98. The summed E-state index contributed by atoms with van der Waals surface area (Å²) in [6.07, 6.45) is 5.15. The number of pyridine rings is 2. The highest BCUT2D eigenvalue weighted by Crippen LogP contribution is 2.17. The van der Waals surface area contributed by atoms with Crippen LogP contribution in [0, 0.1) is 11.3 Å². The second-order valence-electron chi connectivity index (χ2n) is 3.69. The summed E-state index contributed by atoms with van der Waals surface area (Å²) in [6.45, 7) is 0.725. The number of hydrogen-bond acceptors (Lipinski definition) is 4. The average molecular weight is 224 g/mol. The van der Waals surface area contributed by atoms with Gasteiger partial charge < -0.3 is 4.90 Å². The fourth-order valence-corrected chi connectivity index (χ4v) is 1.64. The normalized spacial score (nSPS) is 9.65. The molecule has 0 N–H and O–H groups in total. The maximum atomic E-state index is 8.98. The minimum atomic E-state index is 0.448. The third kappa shape index (κ3) is 2.58. The molecular formula is C13H12N4. The van der Waals surface area contributed by atoms with Crippen LogP contribution in [-0.4, -0.2) is 17.0 Å². The Balaban J connectivity index is 2.21. The molecule has 84 valence electrons. The maximum Gasteiger partial charge on any atom is 0.163 e. The molecule has 0 aromatic carbocycles. The molecular weight excluding hydrogens is 212 g/mol. The molecule has 0 fully saturated rings. The highest BCUT2D eigenvalue weighted by molar-refractivity contribution is 5.55. The molecule has 2 heterocycles. The van der Waals surface area contributed by atoms with Crippen LogP contribution in [0.1, 0.15) is 11.3 Å². The fraction of sp³-hybridized carbons (Fsp3) is 0.154. The van der Waals surface area contributed by atoms with Gasteiger partial charge in [0.1, 0.15) is 6.07 Å². The van der Waals surface area contributed by atoms with E-state index in [1.54, 1.807) is 18.6 Å². The van der Waals surface area contributed by atoms with Crippen LogP contribution in [0.4, 0.5) is 5.69 Å². The molecule has 2 aromatic heterocycles. The highest BCUT2D eigenvalue weighted by atomic mass is 15.1. The Morgan fingerprint density at radius 1 is 1.24 bits per heavy atom. The quantitative estimate of drug-likeness (QED) is 0.800. The maximum absolute atomic E-state index is 8.98. The van der Waals surface area contributed by atoms with Crippen molar-refractivity contribution in [3.05, 3.63) is 54.1 Å². The third-order valence-corrected chi connectivity index (χ3v) is 2.47. The monoisotopic (exact) mass is 224 g/mol. The molecule has 4 heteroatoms. The summed E-state index contributed by atoms with van der Waals surface area (Å²) < 4.78 is 0. The Kier molecular flexibility index (Phi) is 3.31. The number of nitriles is 1. The van der Waals surface area contributed by atoms with Gasteiger partial charge in [0, 0.05) is 32.2 Å². The molecule has 0 aliphatic carbocycles. The van der Waals surface area contributed by atoms with Crippen LogP contribution in [-0.2, 0) is 6.54 Å². The first kappa shape index (κ1) is 11.1. The molecule has 0 spiro atoms. The van der Waals surface area contributed by atoms with Gasteiger partial charge in [0.2, 0.25) is 0 Å². The molecule has 0 saturated carbocycles. The summed E-state index contributed by atoms with van der Waals surface area (Å²) in [5.41, 5.74) is 2.44. The van der Waals surface area contributed by atoms with Crippen LogP contribution in [0.5, 0.6) is 0 Å². The predicted molar refractivity (Wildman–Crippen MR) is 65.3 cm³/mol. The van der Waals surface area contributed by atoms with Gasteiger partial charge in [-0.25, -0.2) is 4.98 Å². The van der Waals surface area contributed by atoms with Gasteiger partial charge in [0.05, 0.1) is 5.69 Å². The van der Waals surface area contributed by atoms with E-state index in [2.05, 4.69) is 16.0 Å². The first-order chi connectivity index (χ1) is 8.31. The molecule has 0 unspecified atom stereocenters. The molecule has 0 atom stereocenters. The van der Waals surface area contributed by atoms with Crippen molar-refractivity contribution in [2.75, 3.05) is 11.9 Å². The largest absolute Gasteiger partial charge is 0.368 e. The average Bonchev–Trinajstić information content (AvgIpc) is 2.40. The summed E-state index contributed by atoms with van der Waals surface area (Å²) in [4.78, 5) is 10.0. The van der Waals surface area contributed by atoms with E-state index in [0.29, 0.717) is 5.69 Å². The Morgan fingerprint density at radius 2 is 2.00 bits per heavy atom. The zero-order chi connectivity index (χ0) is 12.1. The minimum absolute atomic E-state index is 0.448. The summed E-state index contributed by atoms with van der Waals surface area (Å²) in [7, 11) is 1.94. The Bertz CT molecular complexity index is 531. The lowest BCUT2D eigenvalue weighted by Crippen LogP contribution is -2.17. The molecule has 0 amide bonds. The van der Waals surface area contributed by atoms with Crippen molar-refractivity contribution in [2.24, 2.45) is 0 Å². The van der Waals surface area contributed by atoms with Gasteiger partial charge in [-0.1, -0.05) is 0 Å². The molecule has 0 aliphatic heterocycles. The van der Waals surface area contributed by atoms with Crippen molar-refractivity contribution in [3.8, 4) is 6.07 Å². The second kappa shape index (κ2) is 5.08. The van der Waals surface area contributed by atoms with E-state index in [9.17, 15) is 0 Å². The van der Waals surface area contributed by atoms with E-state index in [0.717, 1.165) is 17.8 Å². The number of hydrogen-bond donors (Lipinski definition) is 0. The Hall–Kier alpha value is -2.41. The lowest BCUT2D eigenvalue weighted by atomic mass is 10.2. The van der Waals surface area contributed by atoms with Crippen LogP contribution >= 0.6 is 0 Å². The second-order valence-corrected chi connectivity index (χ2v) is 3.69. The Morgan fingerprint density at radius 3 is 2.71 bits per heavy atom. The van der Waals surface area contributed by atoms with Gasteiger partial charge in [0.15, 0.2) is 5.69 Å². The van der Waals surface area contributed by atoms with Crippen molar-refractivity contribution in [1.29, 1.82) is 5.26 Å². The number of aromatic nitrogens is 2. The van der Waals surface area contributed by atoms with Gasteiger partial charge in [-0.05, 0) is 29.8 Å². The molecule has 17 heavy (non-hydrogen) atoms. The van der Waals surface area contributed by atoms with E-state index in [1.807, 2.05) is 36.2 Å². The minimum Gasteiger partial charge on any atom is -0.368 e. The predicted octanol–water partition coefficient (Wildman–Crippen LogP) is 1.98. The molecule has 2 aromatic rings. The van der Waals surface area contributed by atoms with Crippen LogP contribution in [0.15, 0.2) is 42.9 Å². The van der Waals surface area contributed by atoms with Crippen molar-refractivity contribution >= 4 is 5.69 Å². The van der Waals surface area contributed by atoms with E-state index in [1.165, 1.54) is 0 Å². The molecule has 2 rings (SSSR count). The molecule has 0 saturated heterocycles. The third-order valence-electron chi connectivity index (χ3n) is 2.47. The van der Waals surface area contributed by atoms with Crippen LogP contribution in [0.3, 0.4) is 0 Å². The standard InChI is InChI=1S/C13H12N4/c1-17(10-11-4-7-15-8-5-11)13-3-2-6-16-12(13)9-14/h2-8H,10H2,1H3. The fourth-order valence-electron chi connectivity index (χ4n) is 1.64. The molecule has 0 aliphatic rings. The Labute approximate surface area is 100 Å². The van der Waals surface area contributed by atoms with Gasteiger partial charge in [0.25, 0.3) is 0 Å². The van der Waals surface area contributed by atoms with Crippen LogP contribution in [0.2, 0.25) is 0 Å². The number of rotatable bonds is 3. The van der Waals surface area contributed by atoms with Gasteiger partial charge >= 0.3 is 0 Å². The topological polar surface area (TPSA) is 52.8 Å². The molecule has 0 bridgehead atoms. The zero-order valence-electron chi connectivity index (χ0n) is 9.54. The lowest BCUT2D eigenvalue weighted by Gasteiger charge is -2.19. The first-order valence-electron chi connectivity index (χ1n) is 5.26. The van der Waals surface area contributed by atoms with Crippen molar-refractivity contribution < 1.29 is 0 Å². The SMILES string of the molecule is CN(Cc1ccncc1)c1cccnc1C#N.